The van der Waals surface area contributed by atoms with Gasteiger partial charge >= 0.3 is 0 Å². The van der Waals surface area contributed by atoms with Gasteiger partial charge in [-0.1, -0.05) is 6.07 Å². The molecule has 0 amide bonds. The number of benzene rings is 1. The lowest BCUT2D eigenvalue weighted by Gasteiger charge is -2.09. The molecule has 30 heavy (non-hydrogen) atoms. The van der Waals surface area contributed by atoms with Gasteiger partial charge in [0.25, 0.3) is 0 Å². The van der Waals surface area contributed by atoms with E-state index in [1.165, 1.54) is 24.5 Å². The lowest BCUT2D eigenvalue weighted by molar-refractivity contribution is -0.121. The smallest absolute Gasteiger partial charge is 0.163 e. The number of allylic oxidation sites excluding steroid dienone is 2. The highest BCUT2D eigenvalue weighted by Crippen LogP contribution is 2.26. The molecule has 0 saturated carbocycles. The molecular weight excluding hydrogens is 382 g/mol. The fraction of sp³-hybridized carbons (Fsp3) is 0.125. The molecule has 1 aromatic carbocycles. The number of ketones is 2. The van der Waals surface area contributed by atoms with Gasteiger partial charge in [-0.25, -0.2) is 0 Å². The SMILES string of the molecule is COc1cc(OCc2ccccn2)ccc1C=CC(=O)CC(=O)C=Cc1ccco1. The molecule has 0 aliphatic carbocycles. The van der Waals surface area contributed by atoms with Gasteiger partial charge in [0, 0.05) is 17.8 Å². The quantitative estimate of drug-likeness (QED) is 0.366. The van der Waals surface area contributed by atoms with Crippen LogP contribution in [0, 0.1) is 0 Å². The zero-order chi connectivity index (χ0) is 21.2. The van der Waals surface area contributed by atoms with Gasteiger partial charge in [0.15, 0.2) is 11.6 Å². The molecule has 0 atom stereocenters. The Balaban J connectivity index is 1.57. The van der Waals surface area contributed by atoms with E-state index in [1.54, 1.807) is 49.7 Å². The van der Waals surface area contributed by atoms with Crippen molar-refractivity contribution >= 4 is 23.7 Å². The maximum atomic E-state index is 12.1. The summed E-state index contributed by atoms with van der Waals surface area (Å²) in [6.07, 6.45) is 8.85. The zero-order valence-corrected chi connectivity index (χ0v) is 16.5. The van der Waals surface area contributed by atoms with Crippen LogP contribution in [0.15, 0.2) is 77.6 Å². The monoisotopic (exact) mass is 403 g/mol. The van der Waals surface area contributed by atoms with Crippen molar-refractivity contribution in [2.24, 2.45) is 0 Å². The van der Waals surface area contributed by atoms with Crippen LogP contribution < -0.4 is 9.47 Å². The van der Waals surface area contributed by atoms with Crippen LogP contribution in [-0.2, 0) is 16.2 Å². The summed E-state index contributed by atoms with van der Waals surface area (Å²) in [5, 5.41) is 0. The lowest BCUT2D eigenvalue weighted by atomic mass is 10.1. The minimum Gasteiger partial charge on any atom is -0.496 e. The number of furan rings is 1. The van der Waals surface area contributed by atoms with E-state index in [9.17, 15) is 9.59 Å². The average Bonchev–Trinajstić information content (AvgIpc) is 3.29. The van der Waals surface area contributed by atoms with Crippen molar-refractivity contribution in [1.82, 2.24) is 4.98 Å². The Morgan fingerprint density at radius 1 is 1.03 bits per heavy atom. The third kappa shape index (κ3) is 6.31. The summed E-state index contributed by atoms with van der Waals surface area (Å²) in [7, 11) is 1.54. The Morgan fingerprint density at radius 2 is 1.87 bits per heavy atom. The predicted octanol–water partition coefficient (Wildman–Crippen LogP) is 4.52. The van der Waals surface area contributed by atoms with E-state index in [4.69, 9.17) is 13.9 Å². The number of ether oxygens (including phenoxy) is 2. The number of aromatic nitrogens is 1. The molecule has 0 aliphatic rings. The summed E-state index contributed by atoms with van der Waals surface area (Å²) in [5.74, 6) is 1.13. The summed E-state index contributed by atoms with van der Waals surface area (Å²) in [5.41, 5.74) is 1.52. The molecule has 3 aromatic rings. The van der Waals surface area contributed by atoms with Gasteiger partial charge in [0.2, 0.25) is 0 Å². The first-order valence-electron chi connectivity index (χ1n) is 9.30. The number of pyridine rings is 1. The molecule has 0 spiro atoms. The number of hydrogen-bond acceptors (Lipinski definition) is 6. The second-order valence-electron chi connectivity index (χ2n) is 6.30. The number of hydrogen-bond donors (Lipinski definition) is 0. The van der Waals surface area contributed by atoms with Crippen molar-refractivity contribution in [1.29, 1.82) is 0 Å². The molecular formula is C24H21NO5. The largest absolute Gasteiger partial charge is 0.496 e. The maximum Gasteiger partial charge on any atom is 0.163 e. The first kappa shape index (κ1) is 20.8. The van der Waals surface area contributed by atoms with Crippen LogP contribution in [0.5, 0.6) is 11.5 Å². The lowest BCUT2D eigenvalue weighted by Crippen LogP contribution is -2.02. The van der Waals surface area contributed by atoms with Crippen molar-refractivity contribution in [2.45, 2.75) is 13.0 Å². The van der Waals surface area contributed by atoms with Gasteiger partial charge in [0.1, 0.15) is 23.9 Å². The Bertz CT molecular complexity index is 1040. The molecule has 0 aliphatic heterocycles. The number of carbonyl (C=O) groups is 2. The van der Waals surface area contributed by atoms with Crippen LogP contribution >= 0.6 is 0 Å². The minimum absolute atomic E-state index is 0.221. The first-order chi connectivity index (χ1) is 14.6. The van der Waals surface area contributed by atoms with Gasteiger partial charge in [-0.3, -0.25) is 14.6 Å². The molecule has 152 valence electrons. The van der Waals surface area contributed by atoms with Crippen molar-refractivity contribution in [2.75, 3.05) is 7.11 Å². The van der Waals surface area contributed by atoms with E-state index in [2.05, 4.69) is 4.98 Å². The van der Waals surface area contributed by atoms with Gasteiger partial charge in [0.05, 0.1) is 25.5 Å². The van der Waals surface area contributed by atoms with Crippen molar-refractivity contribution < 1.29 is 23.5 Å². The average molecular weight is 403 g/mol. The van der Waals surface area contributed by atoms with E-state index < -0.39 is 0 Å². The van der Waals surface area contributed by atoms with Gasteiger partial charge < -0.3 is 13.9 Å². The van der Waals surface area contributed by atoms with E-state index >= 15 is 0 Å². The second-order valence-corrected chi connectivity index (χ2v) is 6.30. The first-order valence-corrected chi connectivity index (χ1v) is 9.30. The summed E-state index contributed by atoms with van der Waals surface area (Å²) in [6.45, 7) is 0.339. The van der Waals surface area contributed by atoms with Crippen LogP contribution in [0.4, 0.5) is 0 Å². The van der Waals surface area contributed by atoms with Crippen LogP contribution in [0.25, 0.3) is 12.2 Å². The Morgan fingerprint density at radius 3 is 2.57 bits per heavy atom. The number of rotatable bonds is 10. The fourth-order valence-electron chi connectivity index (χ4n) is 2.59. The molecule has 6 nitrogen and oxygen atoms in total. The maximum absolute atomic E-state index is 12.1. The van der Waals surface area contributed by atoms with Gasteiger partial charge in [-0.2, -0.15) is 0 Å². The molecule has 0 saturated heterocycles. The highest BCUT2D eigenvalue weighted by atomic mass is 16.5. The van der Waals surface area contributed by atoms with E-state index in [-0.39, 0.29) is 18.0 Å². The molecule has 0 unspecified atom stereocenters. The molecule has 0 radical (unpaired) electrons. The van der Waals surface area contributed by atoms with Crippen molar-refractivity contribution in [3.05, 3.63) is 90.2 Å². The summed E-state index contributed by atoms with van der Waals surface area (Å²) in [6, 6.07) is 14.4. The molecule has 3 rings (SSSR count). The summed E-state index contributed by atoms with van der Waals surface area (Å²) in [4.78, 5) is 28.2. The normalized spacial score (nSPS) is 11.1. The van der Waals surface area contributed by atoms with Crippen LogP contribution in [0.2, 0.25) is 0 Å². The van der Waals surface area contributed by atoms with Gasteiger partial charge in [-0.05, 0) is 60.7 Å². The topological polar surface area (TPSA) is 78.6 Å². The van der Waals surface area contributed by atoms with E-state index in [0.717, 1.165) is 5.69 Å². The number of carbonyl (C=O) groups excluding carboxylic acids is 2. The van der Waals surface area contributed by atoms with Crippen molar-refractivity contribution in [3.63, 3.8) is 0 Å². The van der Waals surface area contributed by atoms with Gasteiger partial charge in [-0.15, -0.1) is 0 Å². The Labute approximate surface area is 174 Å². The predicted molar refractivity (Wildman–Crippen MR) is 113 cm³/mol. The van der Waals surface area contributed by atoms with Crippen LogP contribution in [-0.4, -0.2) is 23.7 Å². The minimum atomic E-state index is -0.304. The molecule has 2 aromatic heterocycles. The molecule has 6 heteroatoms. The van der Waals surface area contributed by atoms with E-state index in [0.29, 0.717) is 29.4 Å². The van der Waals surface area contributed by atoms with Crippen LogP contribution in [0.3, 0.4) is 0 Å². The van der Waals surface area contributed by atoms with Crippen molar-refractivity contribution in [3.8, 4) is 11.5 Å². The highest BCUT2D eigenvalue weighted by molar-refractivity contribution is 6.10. The summed E-state index contributed by atoms with van der Waals surface area (Å²) < 4.78 is 16.2. The third-order valence-corrected chi connectivity index (χ3v) is 4.09. The summed E-state index contributed by atoms with van der Waals surface area (Å²) >= 11 is 0. The van der Waals surface area contributed by atoms with Crippen LogP contribution in [0.1, 0.15) is 23.4 Å². The third-order valence-electron chi connectivity index (χ3n) is 4.09. The van der Waals surface area contributed by atoms with E-state index in [1.807, 2.05) is 18.2 Å². The Hall–Kier alpha value is -3.93. The number of nitrogens with zero attached hydrogens (tertiary/aromatic N) is 1. The molecule has 2 heterocycles. The highest BCUT2D eigenvalue weighted by Gasteiger charge is 2.07. The second kappa shape index (κ2) is 10.6. The molecule has 0 bridgehead atoms. The Kier molecular flexibility index (Phi) is 7.33. The standard InChI is InChI=1S/C24H21NO5/c1-28-24-16-23(30-17-19-5-2-3-13-25-19)11-8-18(24)7-9-20(26)15-21(27)10-12-22-6-4-14-29-22/h2-14,16H,15,17H2,1H3. The fourth-order valence-corrected chi connectivity index (χ4v) is 2.59. The molecule has 0 fully saturated rings. The number of methoxy groups -OCH3 is 1. The zero-order valence-electron chi connectivity index (χ0n) is 16.5. The molecule has 0 N–H and O–H groups in total.